The van der Waals surface area contributed by atoms with E-state index in [1.807, 2.05) is 31.2 Å². The molecule has 2 rings (SSSR count). The lowest BCUT2D eigenvalue weighted by molar-refractivity contribution is -0.138. The Labute approximate surface area is 116 Å². The number of anilines is 1. The Morgan fingerprint density at radius 2 is 1.79 bits per heavy atom. The quantitative estimate of drug-likeness (QED) is 0.890. The first-order valence-electron chi connectivity index (χ1n) is 5.89. The van der Waals surface area contributed by atoms with Crippen LogP contribution in [0.2, 0.25) is 5.02 Å². The van der Waals surface area contributed by atoms with E-state index in [2.05, 4.69) is 5.32 Å². The molecule has 2 aromatic rings. The molecule has 0 aliphatic carbocycles. The van der Waals surface area contributed by atoms with E-state index >= 15 is 0 Å². The number of aryl methyl sites for hydroxylation is 1. The fourth-order valence-electron chi connectivity index (χ4n) is 1.92. The molecule has 0 heterocycles. The van der Waals surface area contributed by atoms with Crippen LogP contribution in [0.4, 0.5) is 5.69 Å². The first-order valence-corrected chi connectivity index (χ1v) is 6.27. The van der Waals surface area contributed by atoms with Gasteiger partial charge in [0.15, 0.2) is 6.04 Å². The summed E-state index contributed by atoms with van der Waals surface area (Å²) in [5.41, 5.74) is 2.27. The van der Waals surface area contributed by atoms with Crippen LogP contribution in [0, 0.1) is 6.92 Å². The predicted molar refractivity (Wildman–Crippen MR) is 76.6 cm³/mol. The number of hydrogen-bond acceptors (Lipinski definition) is 2. The molecular formula is C15H14ClNO2. The Balaban J connectivity index is 2.35. The van der Waals surface area contributed by atoms with Gasteiger partial charge in [-0.3, -0.25) is 0 Å². The first kappa shape index (κ1) is 13.4. The van der Waals surface area contributed by atoms with E-state index < -0.39 is 12.0 Å². The van der Waals surface area contributed by atoms with Crippen molar-refractivity contribution < 1.29 is 9.90 Å². The Hall–Kier alpha value is -2.00. The highest BCUT2D eigenvalue weighted by Gasteiger charge is 2.21. The number of para-hydroxylation sites is 1. The van der Waals surface area contributed by atoms with Crippen LogP contribution < -0.4 is 5.32 Å². The van der Waals surface area contributed by atoms with E-state index in [0.29, 0.717) is 10.7 Å². The lowest BCUT2D eigenvalue weighted by Gasteiger charge is -2.18. The number of hydrogen-bond donors (Lipinski definition) is 2. The van der Waals surface area contributed by atoms with Crippen LogP contribution >= 0.6 is 11.6 Å². The summed E-state index contributed by atoms with van der Waals surface area (Å²) in [6.45, 7) is 1.89. The van der Waals surface area contributed by atoms with Gasteiger partial charge in [-0.05, 0) is 30.2 Å². The van der Waals surface area contributed by atoms with Gasteiger partial charge in [0, 0.05) is 0 Å². The number of halogens is 1. The van der Waals surface area contributed by atoms with Crippen molar-refractivity contribution in [2.24, 2.45) is 0 Å². The van der Waals surface area contributed by atoms with Gasteiger partial charge in [0.25, 0.3) is 0 Å². The van der Waals surface area contributed by atoms with E-state index in [-0.39, 0.29) is 0 Å². The summed E-state index contributed by atoms with van der Waals surface area (Å²) in [7, 11) is 0. The highest BCUT2D eigenvalue weighted by atomic mass is 35.5. The molecule has 3 nitrogen and oxygen atoms in total. The Morgan fingerprint density at radius 3 is 2.42 bits per heavy atom. The number of benzene rings is 2. The number of rotatable bonds is 4. The number of carboxylic acids is 1. The Kier molecular flexibility index (Phi) is 4.07. The standard InChI is InChI=1S/C15H14ClNO2/c1-10-6-2-3-7-11(10)14(15(18)19)17-13-9-5-4-8-12(13)16/h2-9,14,17H,1H3,(H,18,19). The normalized spacial score (nSPS) is 11.9. The average molecular weight is 276 g/mol. The van der Waals surface area contributed by atoms with Crippen LogP contribution in [-0.4, -0.2) is 11.1 Å². The first-order chi connectivity index (χ1) is 9.09. The fourth-order valence-corrected chi connectivity index (χ4v) is 2.11. The summed E-state index contributed by atoms with van der Waals surface area (Å²) in [6, 6.07) is 13.7. The molecule has 1 atom stereocenters. The fraction of sp³-hybridized carbons (Fsp3) is 0.133. The number of carbonyl (C=O) groups is 1. The molecule has 0 amide bonds. The second-order valence-corrected chi connectivity index (χ2v) is 4.66. The molecule has 0 aromatic heterocycles. The zero-order valence-electron chi connectivity index (χ0n) is 10.4. The van der Waals surface area contributed by atoms with Gasteiger partial charge in [0.05, 0.1) is 10.7 Å². The van der Waals surface area contributed by atoms with Gasteiger partial charge in [0.1, 0.15) is 0 Å². The number of nitrogens with one attached hydrogen (secondary N) is 1. The van der Waals surface area contributed by atoms with Gasteiger partial charge >= 0.3 is 5.97 Å². The van der Waals surface area contributed by atoms with Crippen molar-refractivity contribution in [3.63, 3.8) is 0 Å². The van der Waals surface area contributed by atoms with Crippen molar-refractivity contribution in [3.8, 4) is 0 Å². The second kappa shape index (κ2) is 5.76. The second-order valence-electron chi connectivity index (χ2n) is 4.25. The van der Waals surface area contributed by atoms with Gasteiger partial charge in [0.2, 0.25) is 0 Å². The van der Waals surface area contributed by atoms with E-state index in [0.717, 1.165) is 11.1 Å². The highest BCUT2D eigenvalue weighted by molar-refractivity contribution is 6.33. The van der Waals surface area contributed by atoms with Crippen molar-refractivity contribution in [1.29, 1.82) is 0 Å². The van der Waals surface area contributed by atoms with Crippen LogP contribution in [0.15, 0.2) is 48.5 Å². The van der Waals surface area contributed by atoms with Crippen LogP contribution in [0.5, 0.6) is 0 Å². The van der Waals surface area contributed by atoms with Crippen molar-refractivity contribution in [2.45, 2.75) is 13.0 Å². The highest BCUT2D eigenvalue weighted by Crippen LogP contribution is 2.27. The van der Waals surface area contributed by atoms with Crippen molar-refractivity contribution >= 4 is 23.3 Å². The maximum atomic E-state index is 11.5. The Bertz CT molecular complexity index is 598. The molecule has 0 radical (unpaired) electrons. The molecule has 4 heteroatoms. The summed E-state index contributed by atoms with van der Waals surface area (Å²) < 4.78 is 0. The van der Waals surface area contributed by atoms with Gasteiger partial charge in [-0.25, -0.2) is 4.79 Å². The summed E-state index contributed by atoms with van der Waals surface area (Å²) >= 11 is 6.04. The van der Waals surface area contributed by atoms with Gasteiger partial charge in [-0.1, -0.05) is 48.0 Å². The monoisotopic (exact) mass is 275 g/mol. The van der Waals surface area contributed by atoms with Crippen molar-refractivity contribution in [2.75, 3.05) is 5.32 Å². The van der Waals surface area contributed by atoms with Crippen molar-refractivity contribution in [1.82, 2.24) is 0 Å². The number of aliphatic carboxylic acids is 1. The van der Waals surface area contributed by atoms with Crippen molar-refractivity contribution in [3.05, 3.63) is 64.7 Å². The van der Waals surface area contributed by atoms with Crippen LogP contribution in [-0.2, 0) is 4.79 Å². The molecule has 2 aromatic carbocycles. The van der Waals surface area contributed by atoms with E-state index in [1.54, 1.807) is 24.3 Å². The summed E-state index contributed by atoms with van der Waals surface area (Å²) in [5.74, 6) is -0.936. The molecule has 0 spiro atoms. The third kappa shape index (κ3) is 3.06. The predicted octanol–water partition coefficient (Wildman–Crippen LogP) is 3.89. The molecule has 98 valence electrons. The lowest BCUT2D eigenvalue weighted by atomic mass is 10.0. The Morgan fingerprint density at radius 1 is 1.16 bits per heavy atom. The van der Waals surface area contributed by atoms with E-state index in [1.165, 1.54) is 0 Å². The third-order valence-corrected chi connectivity index (χ3v) is 3.25. The van der Waals surface area contributed by atoms with Crippen LogP contribution in [0.25, 0.3) is 0 Å². The van der Waals surface area contributed by atoms with Crippen LogP contribution in [0.3, 0.4) is 0 Å². The maximum absolute atomic E-state index is 11.5. The zero-order chi connectivity index (χ0) is 13.8. The minimum Gasteiger partial charge on any atom is -0.479 e. The summed E-state index contributed by atoms with van der Waals surface area (Å²) in [5, 5.41) is 12.9. The summed E-state index contributed by atoms with van der Waals surface area (Å²) in [4.78, 5) is 11.5. The zero-order valence-corrected chi connectivity index (χ0v) is 11.2. The molecule has 0 saturated carbocycles. The molecule has 0 saturated heterocycles. The molecule has 0 aliphatic heterocycles. The molecule has 0 fully saturated rings. The van der Waals surface area contributed by atoms with E-state index in [4.69, 9.17) is 11.6 Å². The molecular weight excluding hydrogens is 262 g/mol. The summed E-state index contributed by atoms with van der Waals surface area (Å²) in [6.07, 6.45) is 0. The average Bonchev–Trinajstić information content (AvgIpc) is 2.38. The topological polar surface area (TPSA) is 49.3 Å². The number of carboxylic acid groups (broad SMARTS) is 1. The molecule has 0 aliphatic rings. The van der Waals surface area contributed by atoms with Gasteiger partial charge in [-0.2, -0.15) is 0 Å². The van der Waals surface area contributed by atoms with Gasteiger partial charge in [-0.15, -0.1) is 0 Å². The smallest absolute Gasteiger partial charge is 0.330 e. The molecule has 1 unspecified atom stereocenters. The maximum Gasteiger partial charge on any atom is 0.330 e. The van der Waals surface area contributed by atoms with E-state index in [9.17, 15) is 9.90 Å². The van der Waals surface area contributed by atoms with Crippen LogP contribution in [0.1, 0.15) is 17.2 Å². The molecule has 19 heavy (non-hydrogen) atoms. The third-order valence-electron chi connectivity index (χ3n) is 2.92. The van der Waals surface area contributed by atoms with Gasteiger partial charge < -0.3 is 10.4 Å². The SMILES string of the molecule is Cc1ccccc1C(Nc1ccccc1Cl)C(=O)O. The minimum absolute atomic E-state index is 0.502. The minimum atomic E-state index is -0.936. The lowest BCUT2D eigenvalue weighted by Crippen LogP contribution is -2.21. The molecule has 2 N–H and O–H groups in total. The molecule has 0 bridgehead atoms. The largest absolute Gasteiger partial charge is 0.479 e.